The number of aryl methyl sites for hydroxylation is 2. The van der Waals surface area contributed by atoms with E-state index in [1.54, 1.807) is 11.3 Å². The van der Waals surface area contributed by atoms with E-state index in [0.717, 1.165) is 68.6 Å². The Hall–Kier alpha value is -1.24. The topological polar surface area (TPSA) is 47.5 Å². The highest BCUT2D eigenvalue weighted by Gasteiger charge is 2.25. The fraction of sp³-hybridized carbons (Fsp3) is 0.667. The van der Waals surface area contributed by atoms with E-state index in [0.29, 0.717) is 12.0 Å². The molecule has 4 rings (SSSR count). The molecule has 0 bridgehead atoms. The van der Waals surface area contributed by atoms with E-state index in [4.69, 9.17) is 14.5 Å². The molecule has 0 N–H and O–H groups in total. The molecule has 2 fully saturated rings. The van der Waals surface area contributed by atoms with Gasteiger partial charge >= 0.3 is 0 Å². The number of piperidine rings is 1. The van der Waals surface area contributed by atoms with Crippen LogP contribution in [0.4, 0.5) is 5.82 Å². The minimum Gasteiger partial charge on any atom is -0.381 e. The van der Waals surface area contributed by atoms with Crippen molar-refractivity contribution in [2.75, 3.05) is 37.8 Å². The van der Waals surface area contributed by atoms with E-state index in [1.165, 1.54) is 10.9 Å². The van der Waals surface area contributed by atoms with Gasteiger partial charge in [-0.2, -0.15) is 0 Å². The van der Waals surface area contributed by atoms with Gasteiger partial charge in [-0.25, -0.2) is 9.97 Å². The minimum absolute atomic E-state index is 0.379. The Morgan fingerprint density at radius 2 is 2.08 bits per heavy atom. The second kappa shape index (κ2) is 6.94. The van der Waals surface area contributed by atoms with Crippen molar-refractivity contribution in [1.82, 2.24) is 9.97 Å². The summed E-state index contributed by atoms with van der Waals surface area (Å²) in [6.45, 7) is 8.77. The van der Waals surface area contributed by atoms with Crippen LogP contribution in [0.2, 0.25) is 0 Å². The maximum absolute atomic E-state index is 6.13. The summed E-state index contributed by atoms with van der Waals surface area (Å²) in [6.07, 6.45) is 3.67. The maximum Gasteiger partial charge on any atom is 0.141 e. The summed E-state index contributed by atoms with van der Waals surface area (Å²) >= 11 is 1.71. The lowest BCUT2D eigenvalue weighted by atomic mass is 10.1. The molecule has 24 heavy (non-hydrogen) atoms. The fourth-order valence-electron chi connectivity index (χ4n) is 3.62. The first-order valence-electron chi connectivity index (χ1n) is 8.87. The van der Waals surface area contributed by atoms with E-state index in [9.17, 15) is 0 Å². The van der Waals surface area contributed by atoms with Gasteiger partial charge in [0.2, 0.25) is 0 Å². The van der Waals surface area contributed by atoms with Gasteiger partial charge in [-0.3, -0.25) is 0 Å². The number of aromatic nitrogens is 2. The summed E-state index contributed by atoms with van der Waals surface area (Å²) in [5.41, 5.74) is 1.28. The van der Waals surface area contributed by atoms with E-state index in [1.807, 2.05) is 6.92 Å². The van der Waals surface area contributed by atoms with Crippen LogP contribution in [0.1, 0.15) is 30.7 Å². The lowest BCUT2D eigenvalue weighted by Gasteiger charge is -2.33. The summed E-state index contributed by atoms with van der Waals surface area (Å²) < 4.78 is 11.6. The molecule has 2 aromatic heterocycles. The molecular weight excluding hydrogens is 322 g/mol. The zero-order valence-corrected chi connectivity index (χ0v) is 15.3. The summed E-state index contributed by atoms with van der Waals surface area (Å²) in [4.78, 5) is 12.9. The summed E-state index contributed by atoms with van der Waals surface area (Å²) in [7, 11) is 0. The molecule has 1 atom stereocenters. The van der Waals surface area contributed by atoms with E-state index in [-0.39, 0.29) is 0 Å². The number of hydrogen-bond acceptors (Lipinski definition) is 6. The average molecular weight is 347 g/mol. The number of hydrogen-bond donors (Lipinski definition) is 0. The number of nitrogens with zero attached hydrogens (tertiary/aromatic N) is 3. The van der Waals surface area contributed by atoms with Crippen LogP contribution in [0.25, 0.3) is 10.2 Å². The van der Waals surface area contributed by atoms with Crippen LogP contribution in [0, 0.1) is 19.8 Å². The van der Waals surface area contributed by atoms with Gasteiger partial charge in [-0.1, -0.05) is 0 Å². The zero-order chi connectivity index (χ0) is 16.5. The van der Waals surface area contributed by atoms with Crippen molar-refractivity contribution in [3.05, 3.63) is 16.8 Å². The van der Waals surface area contributed by atoms with E-state index < -0.39 is 0 Å². The number of fused-ring (bicyclic) bond motifs is 1. The summed E-state index contributed by atoms with van der Waals surface area (Å²) in [5, 5.41) is 3.41. The quantitative estimate of drug-likeness (QED) is 0.849. The predicted molar refractivity (Wildman–Crippen MR) is 97.0 cm³/mol. The van der Waals surface area contributed by atoms with E-state index in [2.05, 4.69) is 22.2 Å². The van der Waals surface area contributed by atoms with Crippen molar-refractivity contribution in [3.8, 4) is 0 Å². The molecule has 130 valence electrons. The predicted octanol–water partition coefficient (Wildman–Crippen LogP) is 3.33. The third kappa shape index (κ3) is 3.27. The van der Waals surface area contributed by atoms with Crippen LogP contribution < -0.4 is 4.90 Å². The third-order valence-corrected chi connectivity index (χ3v) is 6.03. The molecule has 2 aromatic rings. The average Bonchev–Trinajstić information content (AvgIpc) is 3.23. The van der Waals surface area contributed by atoms with Gasteiger partial charge in [0.1, 0.15) is 16.5 Å². The fourth-order valence-corrected chi connectivity index (χ4v) is 4.58. The molecule has 0 radical (unpaired) electrons. The second-order valence-corrected chi connectivity index (χ2v) is 7.80. The molecule has 0 aromatic carbocycles. The van der Waals surface area contributed by atoms with Gasteiger partial charge in [-0.05, 0) is 44.1 Å². The molecular formula is C18H25N3O2S. The molecule has 0 spiro atoms. The Morgan fingerprint density at radius 3 is 2.83 bits per heavy atom. The number of thiophene rings is 1. The Bertz CT molecular complexity index is 704. The van der Waals surface area contributed by atoms with Gasteiger partial charge in [0.05, 0.1) is 24.7 Å². The highest BCUT2D eigenvalue weighted by Crippen LogP contribution is 2.33. The minimum atomic E-state index is 0.379. The SMILES string of the molecule is Cc1nc(N2CCC(OC[C@@H]3CCOC3)CC2)c2c(C)csc2n1. The molecule has 6 heteroatoms. The van der Waals surface area contributed by atoms with Crippen LogP contribution in [0.3, 0.4) is 0 Å². The van der Waals surface area contributed by atoms with Crippen LogP contribution in [0.15, 0.2) is 5.38 Å². The normalized spacial score (nSPS) is 22.6. The molecule has 0 amide bonds. The number of anilines is 1. The van der Waals surface area contributed by atoms with E-state index >= 15 is 0 Å². The van der Waals surface area contributed by atoms with Crippen molar-refractivity contribution in [3.63, 3.8) is 0 Å². The van der Waals surface area contributed by atoms with Crippen molar-refractivity contribution in [2.45, 2.75) is 39.2 Å². The van der Waals surface area contributed by atoms with Crippen LogP contribution in [-0.2, 0) is 9.47 Å². The Morgan fingerprint density at radius 1 is 1.25 bits per heavy atom. The second-order valence-electron chi connectivity index (χ2n) is 6.94. The van der Waals surface area contributed by atoms with Gasteiger partial charge in [0, 0.05) is 25.6 Å². The largest absolute Gasteiger partial charge is 0.381 e. The molecule has 4 heterocycles. The zero-order valence-electron chi connectivity index (χ0n) is 14.5. The highest BCUT2D eigenvalue weighted by molar-refractivity contribution is 7.17. The number of ether oxygens (including phenoxy) is 2. The van der Waals surface area contributed by atoms with Gasteiger partial charge in [0.15, 0.2) is 0 Å². The molecule has 0 aliphatic carbocycles. The van der Waals surface area contributed by atoms with Gasteiger partial charge in [-0.15, -0.1) is 11.3 Å². The first-order valence-corrected chi connectivity index (χ1v) is 9.75. The van der Waals surface area contributed by atoms with Gasteiger partial charge < -0.3 is 14.4 Å². The Labute approximate surface area is 147 Å². The first kappa shape index (κ1) is 16.2. The van der Waals surface area contributed by atoms with Gasteiger partial charge in [0.25, 0.3) is 0 Å². The third-order valence-electron chi connectivity index (χ3n) is 5.04. The molecule has 2 aliphatic heterocycles. The first-order chi connectivity index (χ1) is 11.7. The Balaban J connectivity index is 1.41. The molecule has 2 saturated heterocycles. The van der Waals surface area contributed by atoms with Crippen molar-refractivity contribution in [1.29, 1.82) is 0 Å². The van der Waals surface area contributed by atoms with Crippen molar-refractivity contribution in [2.24, 2.45) is 5.92 Å². The maximum atomic E-state index is 6.13. The molecule has 0 saturated carbocycles. The lowest BCUT2D eigenvalue weighted by Crippen LogP contribution is -2.38. The van der Waals surface area contributed by atoms with Crippen LogP contribution in [-0.4, -0.2) is 49.0 Å². The Kier molecular flexibility index (Phi) is 4.70. The highest BCUT2D eigenvalue weighted by atomic mass is 32.1. The smallest absolute Gasteiger partial charge is 0.141 e. The van der Waals surface area contributed by atoms with Crippen LogP contribution >= 0.6 is 11.3 Å². The molecule has 2 aliphatic rings. The number of rotatable bonds is 4. The summed E-state index contributed by atoms with van der Waals surface area (Å²) in [5.74, 6) is 2.57. The van der Waals surface area contributed by atoms with Crippen molar-refractivity contribution < 1.29 is 9.47 Å². The lowest BCUT2D eigenvalue weighted by molar-refractivity contribution is 0.0131. The monoisotopic (exact) mass is 347 g/mol. The van der Waals surface area contributed by atoms with Crippen molar-refractivity contribution >= 4 is 27.4 Å². The van der Waals surface area contributed by atoms with Crippen LogP contribution in [0.5, 0.6) is 0 Å². The molecule has 5 nitrogen and oxygen atoms in total. The summed E-state index contributed by atoms with van der Waals surface area (Å²) in [6, 6.07) is 0. The molecule has 0 unspecified atom stereocenters. The standard InChI is InChI=1S/C18H25N3O2S/c1-12-11-24-18-16(12)17(19-13(2)20-18)21-6-3-15(4-7-21)23-10-14-5-8-22-9-14/h11,14-15H,3-10H2,1-2H3/t14-/m1/s1.